The highest BCUT2D eigenvalue weighted by Gasteiger charge is 2.62. The average Bonchev–Trinajstić information content (AvgIpc) is 2.74. The minimum Gasteiger partial charge on any atom is -0.297 e. The third kappa shape index (κ3) is 3.98. The van der Waals surface area contributed by atoms with E-state index in [4.69, 9.17) is 0 Å². The second-order valence-electron chi connectivity index (χ2n) is 10.1. The lowest BCUT2D eigenvalue weighted by atomic mass is 9.50. The van der Waals surface area contributed by atoms with Crippen LogP contribution in [-0.2, 0) is 4.79 Å². The molecule has 2 aromatic rings. The van der Waals surface area contributed by atoms with Crippen LogP contribution in [0.2, 0.25) is 0 Å². The van der Waals surface area contributed by atoms with Gasteiger partial charge in [-0.3, -0.25) is 14.4 Å². The smallest absolute Gasteiger partial charge is 0.176 e. The van der Waals surface area contributed by atoms with Crippen molar-refractivity contribution in [3.05, 3.63) is 71.8 Å². The zero-order chi connectivity index (χ0) is 24.3. The molecule has 0 radical (unpaired) electrons. The molecular formula is C29H38O3. The molecule has 0 spiro atoms. The Balaban J connectivity index is 2.87. The minimum atomic E-state index is -1.32. The fourth-order valence-electron chi connectivity index (χ4n) is 5.64. The summed E-state index contributed by atoms with van der Waals surface area (Å²) < 4.78 is 0. The van der Waals surface area contributed by atoms with Crippen molar-refractivity contribution in [2.24, 2.45) is 34.5 Å². The zero-order valence-electron chi connectivity index (χ0n) is 20.8. The predicted molar refractivity (Wildman–Crippen MR) is 131 cm³/mol. The quantitative estimate of drug-likeness (QED) is 0.301. The van der Waals surface area contributed by atoms with E-state index >= 15 is 0 Å². The van der Waals surface area contributed by atoms with Crippen LogP contribution in [0.15, 0.2) is 60.7 Å². The Kier molecular flexibility index (Phi) is 7.98. The molecule has 0 amide bonds. The van der Waals surface area contributed by atoms with E-state index in [9.17, 15) is 14.4 Å². The molecule has 0 atom stereocenters. The van der Waals surface area contributed by atoms with Crippen LogP contribution in [0, 0.1) is 34.5 Å². The van der Waals surface area contributed by atoms with Crippen LogP contribution in [-0.4, -0.2) is 17.3 Å². The van der Waals surface area contributed by atoms with Gasteiger partial charge >= 0.3 is 0 Å². The Morgan fingerprint density at radius 2 is 0.750 bits per heavy atom. The Morgan fingerprint density at radius 3 is 0.969 bits per heavy atom. The van der Waals surface area contributed by atoms with Gasteiger partial charge in [0.1, 0.15) is 0 Å². The molecule has 32 heavy (non-hydrogen) atoms. The van der Waals surface area contributed by atoms with Crippen LogP contribution in [0.3, 0.4) is 0 Å². The highest BCUT2D eigenvalue weighted by Crippen LogP contribution is 2.51. The van der Waals surface area contributed by atoms with Crippen LogP contribution in [0.5, 0.6) is 0 Å². The molecule has 0 bridgehead atoms. The first kappa shape index (κ1) is 25.7. The van der Waals surface area contributed by atoms with Gasteiger partial charge in [0.2, 0.25) is 0 Å². The Hall–Kier alpha value is -2.55. The maximum Gasteiger partial charge on any atom is 0.176 e. The van der Waals surface area contributed by atoms with Crippen molar-refractivity contribution in [1.29, 1.82) is 0 Å². The van der Waals surface area contributed by atoms with Crippen LogP contribution in [0.1, 0.15) is 76.1 Å². The summed E-state index contributed by atoms with van der Waals surface area (Å²) in [5.41, 5.74) is -1.62. The lowest BCUT2D eigenvalue weighted by Crippen LogP contribution is -2.60. The van der Waals surface area contributed by atoms with E-state index in [2.05, 4.69) is 0 Å². The monoisotopic (exact) mass is 434 g/mol. The van der Waals surface area contributed by atoms with Crippen molar-refractivity contribution in [3.8, 4) is 0 Å². The van der Waals surface area contributed by atoms with E-state index in [1.807, 2.05) is 91.8 Å². The summed E-state index contributed by atoms with van der Waals surface area (Å²) in [5.74, 6) is -1.74. The maximum atomic E-state index is 14.8. The second-order valence-corrected chi connectivity index (χ2v) is 10.1. The predicted octanol–water partition coefficient (Wildman–Crippen LogP) is 6.92. The summed E-state index contributed by atoms with van der Waals surface area (Å²) in [5, 5.41) is 0. The Bertz CT molecular complexity index is 843. The number of ketones is 3. The summed E-state index contributed by atoms with van der Waals surface area (Å²) in [6, 6.07) is 18.0. The minimum absolute atomic E-state index is 0.195. The first-order valence-corrected chi connectivity index (χ1v) is 11.7. The summed E-state index contributed by atoms with van der Waals surface area (Å²) in [7, 11) is 0. The molecule has 3 nitrogen and oxygen atoms in total. The molecule has 172 valence electrons. The highest BCUT2D eigenvalue weighted by molar-refractivity contribution is 6.24. The third-order valence-electron chi connectivity index (χ3n) is 7.22. The van der Waals surface area contributed by atoms with Gasteiger partial charge < -0.3 is 0 Å². The van der Waals surface area contributed by atoms with E-state index in [1.165, 1.54) is 0 Å². The van der Waals surface area contributed by atoms with E-state index in [0.29, 0.717) is 11.1 Å². The molecule has 3 heteroatoms. The number of carbonyl (C=O) groups excluding carboxylic acids is 3. The van der Waals surface area contributed by atoms with Gasteiger partial charge in [0.15, 0.2) is 17.3 Å². The first-order valence-electron chi connectivity index (χ1n) is 11.7. The lowest BCUT2D eigenvalue weighted by Gasteiger charge is -2.48. The van der Waals surface area contributed by atoms with E-state index in [-0.39, 0.29) is 41.0 Å². The van der Waals surface area contributed by atoms with Crippen LogP contribution in [0.4, 0.5) is 0 Å². The summed E-state index contributed by atoms with van der Waals surface area (Å²) in [6.07, 6.45) is 0. The Labute approximate surface area is 193 Å². The van der Waals surface area contributed by atoms with Gasteiger partial charge in [0.25, 0.3) is 0 Å². The van der Waals surface area contributed by atoms with Gasteiger partial charge in [0.05, 0.1) is 10.8 Å². The van der Waals surface area contributed by atoms with E-state index in [1.54, 1.807) is 24.3 Å². The number of hydrogen-bond donors (Lipinski definition) is 0. The number of rotatable bonds is 10. The summed E-state index contributed by atoms with van der Waals surface area (Å²) >= 11 is 0. The summed E-state index contributed by atoms with van der Waals surface area (Å²) in [6.45, 7) is 15.4. The van der Waals surface area contributed by atoms with Gasteiger partial charge in [-0.05, 0) is 23.7 Å². The highest BCUT2D eigenvalue weighted by atomic mass is 16.2. The van der Waals surface area contributed by atoms with Crippen molar-refractivity contribution in [3.63, 3.8) is 0 Å². The lowest BCUT2D eigenvalue weighted by molar-refractivity contribution is -0.143. The standard InChI is InChI=1S/C29H38O3/c1-19(2)28(20(3)4,25(30)23-15-11-9-12-16-23)27(32)29(21(5)6,22(7)8)26(31)24-17-13-10-14-18-24/h9-22H,1-8H3. The van der Waals surface area contributed by atoms with Gasteiger partial charge in [-0.15, -0.1) is 0 Å². The zero-order valence-corrected chi connectivity index (χ0v) is 20.8. The molecule has 2 aromatic carbocycles. The summed E-state index contributed by atoms with van der Waals surface area (Å²) in [4.78, 5) is 43.1. The number of hydrogen-bond acceptors (Lipinski definition) is 3. The number of benzene rings is 2. The second kappa shape index (κ2) is 9.94. The number of carbonyl (C=O) groups is 3. The van der Waals surface area contributed by atoms with Gasteiger partial charge in [-0.2, -0.15) is 0 Å². The molecular weight excluding hydrogens is 396 g/mol. The molecule has 2 rings (SSSR count). The topological polar surface area (TPSA) is 51.2 Å². The molecule has 0 aromatic heterocycles. The molecule has 0 heterocycles. The molecule has 0 aliphatic heterocycles. The molecule has 0 aliphatic carbocycles. The largest absolute Gasteiger partial charge is 0.297 e. The molecule has 0 saturated carbocycles. The van der Waals surface area contributed by atoms with Crippen molar-refractivity contribution in [1.82, 2.24) is 0 Å². The molecule has 0 aliphatic rings. The first-order chi connectivity index (χ1) is 15.0. The van der Waals surface area contributed by atoms with Crippen LogP contribution >= 0.6 is 0 Å². The number of Topliss-reactive ketones (excluding diaryl/α,β-unsaturated/α-hetero) is 3. The van der Waals surface area contributed by atoms with Crippen molar-refractivity contribution < 1.29 is 14.4 Å². The van der Waals surface area contributed by atoms with E-state index < -0.39 is 10.8 Å². The van der Waals surface area contributed by atoms with E-state index in [0.717, 1.165) is 0 Å². The van der Waals surface area contributed by atoms with Crippen molar-refractivity contribution in [2.75, 3.05) is 0 Å². The third-order valence-corrected chi connectivity index (χ3v) is 7.22. The van der Waals surface area contributed by atoms with Crippen LogP contribution in [0.25, 0.3) is 0 Å². The fraction of sp³-hybridized carbons (Fsp3) is 0.483. The Morgan fingerprint density at radius 1 is 0.500 bits per heavy atom. The molecule has 0 unspecified atom stereocenters. The molecule has 0 saturated heterocycles. The average molecular weight is 435 g/mol. The maximum absolute atomic E-state index is 14.8. The SMILES string of the molecule is CC(C)C(C(=O)c1ccccc1)(C(=O)C(C(=O)c1ccccc1)(C(C)C)C(C)C)C(C)C. The van der Waals surface area contributed by atoms with Crippen molar-refractivity contribution >= 4 is 17.3 Å². The van der Waals surface area contributed by atoms with Gasteiger partial charge in [-0.25, -0.2) is 0 Å². The van der Waals surface area contributed by atoms with Crippen LogP contribution < -0.4 is 0 Å². The fourth-order valence-corrected chi connectivity index (χ4v) is 5.64. The molecule has 0 N–H and O–H groups in total. The normalized spacial score (nSPS) is 12.6. The van der Waals surface area contributed by atoms with Crippen molar-refractivity contribution in [2.45, 2.75) is 55.4 Å². The van der Waals surface area contributed by atoms with Gasteiger partial charge in [-0.1, -0.05) is 116 Å². The molecule has 0 fully saturated rings. The van der Waals surface area contributed by atoms with Gasteiger partial charge in [0, 0.05) is 11.1 Å².